The molecular formula is C18H31N5OS. The molecule has 1 aliphatic carbocycles. The molecule has 2 aliphatic rings. The van der Waals surface area contributed by atoms with Crippen molar-refractivity contribution in [2.45, 2.75) is 63.3 Å². The molecule has 7 heteroatoms. The topological polar surface area (TPSA) is 77.0 Å². The lowest BCUT2D eigenvalue weighted by Gasteiger charge is -2.32. The Bertz CT molecular complexity index is 562. The van der Waals surface area contributed by atoms with E-state index in [1.165, 1.54) is 37.9 Å². The Morgan fingerprint density at radius 2 is 1.92 bits per heavy atom. The van der Waals surface area contributed by atoms with E-state index in [9.17, 15) is 4.79 Å². The Kier molecular flexibility index (Phi) is 6.76. The number of thioether (sulfide) groups is 1. The second-order valence-electron chi connectivity index (χ2n) is 7.38. The predicted octanol–water partition coefficient (Wildman–Crippen LogP) is 2.35. The molecular weight excluding hydrogens is 334 g/mol. The molecule has 2 N–H and O–H groups in total. The molecule has 1 aromatic heterocycles. The molecule has 25 heavy (non-hydrogen) atoms. The van der Waals surface area contributed by atoms with Crippen LogP contribution in [0, 0.1) is 0 Å². The van der Waals surface area contributed by atoms with E-state index in [1.807, 2.05) is 11.8 Å². The largest absolute Gasteiger partial charge is 0.369 e. The quantitative estimate of drug-likeness (QED) is 0.802. The first kappa shape index (κ1) is 18.7. The number of likely N-dealkylation sites (tertiary alicyclic amines) is 1. The maximum Gasteiger partial charge on any atom is 0.231 e. The smallest absolute Gasteiger partial charge is 0.231 e. The highest BCUT2D eigenvalue weighted by Gasteiger charge is 2.29. The molecule has 0 spiro atoms. The zero-order chi connectivity index (χ0) is 17.6. The Labute approximate surface area is 154 Å². The number of hydrogen-bond donors (Lipinski definition) is 1. The number of piperidine rings is 1. The number of carbonyl (C=O) groups is 1. The fourth-order valence-corrected chi connectivity index (χ4v) is 4.51. The molecule has 0 bridgehead atoms. The summed E-state index contributed by atoms with van der Waals surface area (Å²) in [5.41, 5.74) is 5.33. The van der Waals surface area contributed by atoms with Gasteiger partial charge >= 0.3 is 0 Å². The molecule has 0 atom stereocenters. The number of aryl methyl sites for hydroxylation is 1. The van der Waals surface area contributed by atoms with Crippen molar-refractivity contribution in [1.29, 1.82) is 0 Å². The first-order valence-corrected chi connectivity index (χ1v) is 11.0. The van der Waals surface area contributed by atoms with Crippen LogP contribution in [0.5, 0.6) is 0 Å². The van der Waals surface area contributed by atoms with Crippen LogP contribution in [0.1, 0.15) is 68.6 Å². The van der Waals surface area contributed by atoms with E-state index in [0.717, 1.165) is 43.9 Å². The highest BCUT2D eigenvalue weighted by Crippen LogP contribution is 2.33. The molecule has 2 fully saturated rings. The van der Waals surface area contributed by atoms with Crippen LogP contribution in [0.2, 0.25) is 0 Å². The van der Waals surface area contributed by atoms with Crippen LogP contribution in [0.4, 0.5) is 0 Å². The van der Waals surface area contributed by atoms with Gasteiger partial charge in [-0.3, -0.25) is 9.69 Å². The van der Waals surface area contributed by atoms with Gasteiger partial charge in [-0.25, -0.2) is 9.67 Å². The molecule has 140 valence electrons. The first-order valence-electron chi connectivity index (χ1n) is 9.62. The Morgan fingerprint density at radius 1 is 1.20 bits per heavy atom. The van der Waals surface area contributed by atoms with E-state index < -0.39 is 0 Å². The van der Waals surface area contributed by atoms with Gasteiger partial charge in [0.15, 0.2) is 5.82 Å². The van der Waals surface area contributed by atoms with Crippen molar-refractivity contribution in [2.75, 3.05) is 31.6 Å². The van der Waals surface area contributed by atoms with Gasteiger partial charge in [-0.05, 0) is 45.0 Å². The van der Waals surface area contributed by atoms with Crippen molar-refractivity contribution in [3.8, 4) is 0 Å². The van der Waals surface area contributed by atoms with E-state index in [4.69, 9.17) is 15.8 Å². The highest BCUT2D eigenvalue weighted by atomic mass is 32.2. The van der Waals surface area contributed by atoms with Crippen molar-refractivity contribution in [1.82, 2.24) is 19.7 Å². The minimum Gasteiger partial charge on any atom is -0.369 e. The zero-order valence-corrected chi connectivity index (χ0v) is 16.1. The van der Waals surface area contributed by atoms with Crippen LogP contribution in [-0.4, -0.2) is 57.2 Å². The normalized spacial score (nSPS) is 20.8. The first-order chi connectivity index (χ1) is 12.2. The van der Waals surface area contributed by atoms with Gasteiger partial charge in [0, 0.05) is 18.1 Å². The molecule has 0 radical (unpaired) electrons. The summed E-state index contributed by atoms with van der Waals surface area (Å²) in [7, 11) is 0. The van der Waals surface area contributed by atoms with E-state index >= 15 is 0 Å². The summed E-state index contributed by atoms with van der Waals surface area (Å²) < 4.78 is 2.28. The number of amides is 1. The van der Waals surface area contributed by atoms with Crippen molar-refractivity contribution in [2.24, 2.45) is 5.73 Å². The Balaban J connectivity index is 1.72. The average Bonchev–Trinajstić information content (AvgIpc) is 3.05. The molecule has 3 rings (SSSR count). The molecule has 1 amide bonds. The number of nitrogens with zero attached hydrogens (tertiary/aromatic N) is 4. The van der Waals surface area contributed by atoms with E-state index in [-0.39, 0.29) is 5.91 Å². The van der Waals surface area contributed by atoms with Crippen molar-refractivity contribution in [3.63, 3.8) is 0 Å². The van der Waals surface area contributed by atoms with Gasteiger partial charge in [-0.1, -0.05) is 19.3 Å². The summed E-state index contributed by atoms with van der Waals surface area (Å²) in [4.78, 5) is 18.3. The minimum absolute atomic E-state index is 0.233. The number of carbonyl (C=O) groups excluding carboxylic acids is 1. The van der Waals surface area contributed by atoms with E-state index in [2.05, 4.69) is 15.8 Å². The van der Waals surface area contributed by atoms with Crippen LogP contribution in [-0.2, 0) is 11.2 Å². The fourth-order valence-electron chi connectivity index (χ4n) is 4.12. The fraction of sp³-hybridized carbons (Fsp3) is 0.833. The van der Waals surface area contributed by atoms with Gasteiger partial charge in [0.1, 0.15) is 5.82 Å². The maximum absolute atomic E-state index is 11.1. The van der Waals surface area contributed by atoms with E-state index in [1.54, 1.807) is 0 Å². The lowest BCUT2D eigenvalue weighted by molar-refractivity contribution is -0.119. The number of primary amides is 1. The molecule has 1 aromatic rings. The van der Waals surface area contributed by atoms with Crippen molar-refractivity contribution >= 4 is 17.7 Å². The summed E-state index contributed by atoms with van der Waals surface area (Å²) in [5, 5.41) is 4.92. The molecule has 0 unspecified atom stereocenters. The monoisotopic (exact) mass is 365 g/mol. The summed E-state index contributed by atoms with van der Waals surface area (Å²) in [5.74, 6) is 3.51. The van der Waals surface area contributed by atoms with Gasteiger partial charge < -0.3 is 5.73 Å². The third-order valence-corrected chi connectivity index (χ3v) is 6.10. The molecule has 2 heterocycles. The molecule has 1 saturated carbocycles. The van der Waals surface area contributed by atoms with Crippen LogP contribution >= 0.6 is 11.8 Å². The SMILES string of the molecule is CSCCc1nc(C2CCN(CC(N)=O)CC2)n(C2CCCCC2)n1. The average molecular weight is 366 g/mol. The number of hydrogen-bond acceptors (Lipinski definition) is 5. The summed E-state index contributed by atoms with van der Waals surface area (Å²) in [6.07, 6.45) is 11.6. The van der Waals surface area contributed by atoms with Gasteiger partial charge in [-0.2, -0.15) is 16.9 Å². The predicted molar refractivity (Wildman–Crippen MR) is 102 cm³/mol. The lowest BCUT2D eigenvalue weighted by atomic mass is 9.93. The van der Waals surface area contributed by atoms with Crippen LogP contribution in [0.15, 0.2) is 0 Å². The second-order valence-corrected chi connectivity index (χ2v) is 8.37. The van der Waals surface area contributed by atoms with E-state index in [0.29, 0.717) is 18.5 Å². The standard InChI is InChI=1S/C18H31N5OS/c1-25-12-9-17-20-18(23(21-17)15-5-3-2-4-6-15)14-7-10-22(11-8-14)13-16(19)24/h14-15H,2-13H2,1H3,(H2,19,24). The third-order valence-electron chi connectivity index (χ3n) is 5.48. The Morgan fingerprint density at radius 3 is 2.56 bits per heavy atom. The molecule has 0 aromatic carbocycles. The van der Waals surface area contributed by atoms with Gasteiger partial charge in [0.05, 0.1) is 12.6 Å². The van der Waals surface area contributed by atoms with Crippen LogP contribution in [0.25, 0.3) is 0 Å². The maximum atomic E-state index is 11.1. The number of rotatable bonds is 7. The molecule has 1 saturated heterocycles. The van der Waals surface area contributed by atoms with Gasteiger partial charge in [0.25, 0.3) is 0 Å². The lowest BCUT2D eigenvalue weighted by Crippen LogP contribution is -2.39. The molecule has 6 nitrogen and oxygen atoms in total. The number of nitrogens with two attached hydrogens (primary N) is 1. The number of aromatic nitrogens is 3. The third kappa shape index (κ3) is 4.97. The molecule has 1 aliphatic heterocycles. The minimum atomic E-state index is -0.233. The summed E-state index contributed by atoms with van der Waals surface area (Å²) in [6, 6.07) is 0.530. The summed E-state index contributed by atoms with van der Waals surface area (Å²) >= 11 is 1.85. The Hall–Kier alpha value is -1.08. The summed E-state index contributed by atoms with van der Waals surface area (Å²) in [6.45, 7) is 2.22. The highest BCUT2D eigenvalue weighted by molar-refractivity contribution is 7.98. The van der Waals surface area contributed by atoms with Crippen molar-refractivity contribution < 1.29 is 4.79 Å². The van der Waals surface area contributed by atoms with Crippen LogP contribution < -0.4 is 5.73 Å². The van der Waals surface area contributed by atoms with Crippen molar-refractivity contribution in [3.05, 3.63) is 11.6 Å². The van der Waals surface area contributed by atoms with Crippen LogP contribution in [0.3, 0.4) is 0 Å². The van der Waals surface area contributed by atoms with Gasteiger partial charge in [-0.15, -0.1) is 0 Å². The zero-order valence-electron chi connectivity index (χ0n) is 15.3. The second kappa shape index (κ2) is 9.03. The van der Waals surface area contributed by atoms with Gasteiger partial charge in [0.2, 0.25) is 5.91 Å².